The van der Waals surface area contributed by atoms with Crippen molar-refractivity contribution in [3.05, 3.63) is 41.1 Å². The molecule has 2 aliphatic rings. The first-order chi connectivity index (χ1) is 12.4. The summed E-state index contributed by atoms with van der Waals surface area (Å²) in [7, 11) is 1.82. The number of carbonyl (C=O) groups excluding carboxylic acids is 2. The van der Waals surface area contributed by atoms with E-state index in [1.807, 2.05) is 38.2 Å². The predicted octanol–water partition coefficient (Wildman–Crippen LogP) is 2.73. The minimum Gasteiger partial charge on any atom is -0.463 e. The zero-order valence-corrected chi connectivity index (χ0v) is 16.0. The first kappa shape index (κ1) is 18.4. The lowest BCUT2D eigenvalue weighted by Crippen LogP contribution is -2.46. The second-order valence-electron chi connectivity index (χ2n) is 6.55. The van der Waals surface area contributed by atoms with Crippen molar-refractivity contribution >= 4 is 34.9 Å². The van der Waals surface area contributed by atoms with Gasteiger partial charge in [0.2, 0.25) is 5.91 Å². The molecule has 0 saturated heterocycles. The Bertz CT molecular complexity index is 769. The quantitative estimate of drug-likeness (QED) is 0.611. The highest BCUT2D eigenvalue weighted by molar-refractivity contribution is 7.80. The molecule has 3 rings (SSSR count). The van der Waals surface area contributed by atoms with E-state index in [0.717, 1.165) is 29.8 Å². The number of ether oxygens (including phenoxy) is 1. The van der Waals surface area contributed by atoms with Crippen LogP contribution in [0.5, 0.6) is 0 Å². The van der Waals surface area contributed by atoms with Crippen molar-refractivity contribution in [2.45, 2.75) is 32.7 Å². The summed E-state index contributed by atoms with van der Waals surface area (Å²) in [4.78, 5) is 26.1. The number of nitrogens with zero attached hydrogens (tertiary/aromatic N) is 1. The molecular weight excluding hydrogens is 350 g/mol. The van der Waals surface area contributed by atoms with Gasteiger partial charge in [0.15, 0.2) is 5.11 Å². The van der Waals surface area contributed by atoms with Gasteiger partial charge in [0, 0.05) is 24.4 Å². The molecule has 1 aliphatic heterocycles. The summed E-state index contributed by atoms with van der Waals surface area (Å²) < 4.78 is 5.23. The van der Waals surface area contributed by atoms with Gasteiger partial charge in [0.25, 0.3) is 0 Å². The van der Waals surface area contributed by atoms with Gasteiger partial charge in [-0.15, -0.1) is 0 Å². The Morgan fingerprint density at radius 3 is 2.54 bits per heavy atom. The largest absolute Gasteiger partial charge is 0.463 e. The van der Waals surface area contributed by atoms with Crippen LogP contribution < -0.4 is 10.6 Å². The molecule has 1 aromatic carbocycles. The molecular formula is C19H23N3O3S. The van der Waals surface area contributed by atoms with Crippen molar-refractivity contribution in [3.63, 3.8) is 0 Å². The Balaban J connectivity index is 1.86. The summed E-state index contributed by atoms with van der Waals surface area (Å²) in [5, 5.41) is 6.67. The van der Waals surface area contributed by atoms with Crippen molar-refractivity contribution in [3.8, 4) is 0 Å². The zero-order chi connectivity index (χ0) is 18.8. The van der Waals surface area contributed by atoms with E-state index in [0.29, 0.717) is 17.3 Å². The van der Waals surface area contributed by atoms with Crippen LogP contribution >= 0.6 is 12.2 Å². The lowest BCUT2D eigenvalue weighted by molar-refractivity contribution is -0.139. The maximum atomic E-state index is 12.5. The molecule has 1 fully saturated rings. The molecule has 1 saturated carbocycles. The smallest absolute Gasteiger partial charge is 0.338 e. The van der Waals surface area contributed by atoms with Crippen LogP contribution in [0.3, 0.4) is 0 Å². The van der Waals surface area contributed by atoms with Crippen LogP contribution in [0.25, 0.3) is 0 Å². The second-order valence-corrected chi connectivity index (χ2v) is 6.93. The van der Waals surface area contributed by atoms with Crippen molar-refractivity contribution < 1.29 is 14.3 Å². The number of carbonyl (C=O) groups is 2. The van der Waals surface area contributed by atoms with E-state index in [1.54, 1.807) is 11.8 Å². The van der Waals surface area contributed by atoms with Crippen molar-refractivity contribution in [1.29, 1.82) is 0 Å². The molecule has 0 unspecified atom stereocenters. The molecule has 1 amide bonds. The summed E-state index contributed by atoms with van der Waals surface area (Å²) in [6, 6.07) is 7.08. The first-order valence-electron chi connectivity index (χ1n) is 8.75. The summed E-state index contributed by atoms with van der Waals surface area (Å²) in [6.45, 7) is 3.95. The molecule has 0 aromatic heterocycles. The fraction of sp³-hybridized carbons (Fsp3) is 0.421. The Labute approximate surface area is 158 Å². The van der Waals surface area contributed by atoms with Gasteiger partial charge in [-0.2, -0.15) is 0 Å². The summed E-state index contributed by atoms with van der Waals surface area (Å²) >= 11 is 5.38. The molecule has 2 N–H and O–H groups in total. The first-order valence-corrected chi connectivity index (χ1v) is 9.16. The molecule has 26 heavy (non-hydrogen) atoms. The van der Waals surface area contributed by atoms with Gasteiger partial charge in [0.1, 0.15) is 0 Å². The fourth-order valence-corrected chi connectivity index (χ4v) is 3.16. The fourth-order valence-electron chi connectivity index (χ4n) is 2.91. The lowest BCUT2D eigenvalue weighted by Gasteiger charge is -2.35. The van der Waals surface area contributed by atoms with Gasteiger partial charge < -0.3 is 20.3 Å². The number of allylic oxidation sites excluding steroid dienone is 1. The summed E-state index contributed by atoms with van der Waals surface area (Å²) in [5.41, 5.74) is 2.94. The monoisotopic (exact) mass is 373 g/mol. The SMILES string of the molecule is CCOC(=O)C1=C(C)N(C)C(=S)N[C@@H]1c1ccc(NC(=O)C2CC2)cc1. The molecule has 1 heterocycles. The number of amides is 1. The average Bonchev–Trinajstić information content (AvgIpc) is 3.45. The van der Waals surface area contributed by atoms with Gasteiger partial charge in [-0.05, 0) is 56.6 Å². The number of esters is 1. The molecule has 0 spiro atoms. The van der Waals surface area contributed by atoms with E-state index in [1.165, 1.54) is 0 Å². The number of anilines is 1. The second kappa shape index (κ2) is 7.45. The highest BCUT2D eigenvalue weighted by Crippen LogP contribution is 2.32. The topological polar surface area (TPSA) is 70.7 Å². The van der Waals surface area contributed by atoms with Gasteiger partial charge >= 0.3 is 5.97 Å². The number of rotatable bonds is 5. The third-order valence-electron chi connectivity index (χ3n) is 4.71. The van der Waals surface area contributed by atoms with Crippen LogP contribution in [-0.2, 0) is 14.3 Å². The van der Waals surface area contributed by atoms with Crippen molar-refractivity contribution in [1.82, 2.24) is 10.2 Å². The van der Waals surface area contributed by atoms with Gasteiger partial charge in [-0.1, -0.05) is 12.1 Å². The van der Waals surface area contributed by atoms with E-state index in [9.17, 15) is 9.59 Å². The predicted molar refractivity (Wildman–Crippen MR) is 103 cm³/mol. The lowest BCUT2D eigenvalue weighted by atomic mass is 9.95. The highest BCUT2D eigenvalue weighted by Gasteiger charge is 2.33. The maximum Gasteiger partial charge on any atom is 0.338 e. The van der Waals surface area contributed by atoms with Crippen LogP contribution in [0.15, 0.2) is 35.5 Å². The molecule has 1 aliphatic carbocycles. The van der Waals surface area contributed by atoms with Gasteiger partial charge in [-0.25, -0.2) is 4.79 Å². The molecule has 7 heteroatoms. The summed E-state index contributed by atoms with van der Waals surface area (Å²) in [6.07, 6.45) is 1.93. The van der Waals surface area contributed by atoms with Crippen molar-refractivity contribution in [2.75, 3.05) is 19.0 Å². The van der Waals surface area contributed by atoms with Crippen LogP contribution in [-0.4, -0.2) is 35.5 Å². The Morgan fingerprint density at radius 2 is 1.96 bits per heavy atom. The molecule has 138 valence electrons. The number of nitrogens with one attached hydrogen (secondary N) is 2. The number of thiocarbonyl (C=S) groups is 1. The van der Waals surface area contributed by atoms with E-state index in [2.05, 4.69) is 10.6 Å². The number of hydrogen-bond donors (Lipinski definition) is 2. The van der Waals surface area contributed by atoms with E-state index in [4.69, 9.17) is 17.0 Å². The van der Waals surface area contributed by atoms with Gasteiger partial charge in [-0.3, -0.25) is 4.79 Å². The van der Waals surface area contributed by atoms with Crippen LogP contribution in [0.4, 0.5) is 5.69 Å². The maximum absolute atomic E-state index is 12.5. The number of benzene rings is 1. The minimum atomic E-state index is -0.383. The zero-order valence-electron chi connectivity index (χ0n) is 15.2. The molecule has 1 aromatic rings. The molecule has 6 nitrogen and oxygen atoms in total. The van der Waals surface area contributed by atoms with Crippen LogP contribution in [0, 0.1) is 5.92 Å². The average molecular weight is 373 g/mol. The number of hydrogen-bond acceptors (Lipinski definition) is 4. The third kappa shape index (κ3) is 3.72. The highest BCUT2D eigenvalue weighted by atomic mass is 32.1. The molecule has 1 atom stereocenters. The Hall–Kier alpha value is -2.41. The normalized spacial score (nSPS) is 19.9. The van der Waals surface area contributed by atoms with E-state index >= 15 is 0 Å². The third-order valence-corrected chi connectivity index (χ3v) is 5.10. The Morgan fingerprint density at radius 1 is 1.31 bits per heavy atom. The standard InChI is InChI=1S/C19H23N3O3S/c1-4-25-18(24)15-11(2)22(3)19(26)21-16(15)12-7-9-14(10-8-12)20-17(23)13-5-6-13/h7-10,13,16H,4-6H2,1-3H3,(H,20,23)(H,21,26)/t16-/m1/s1. The summed E-state index contributed by atoms with van der Waals surface area (Å²) in [5.74, 6) is -0.133. The molecule has 0 radical (unpaired) electrons. The minimum absolute atomic E-state index is 0.0688. The van der Waals surface area contributed by atoms with Crippen LogP contribution in [0.1, 0.15) is 38.3 Å². The van der Waals surface area contributed by atoms with E-state index < -0.39 is 0 Å². The van der Waals surface area contributed by atoms with E-state index in [-0.39, 0.29) is 23.8 Å². The Kier molecular flexibility index (Phi) is 5.27. The molecule has 0 bridgehead atoms. The van der Waals surface area contributed by atoms with Crippen LogP contribution in [0.2, 0.25) is 0 Å². The van der Waals surface area contributed by atoms with Gasteiger partial charge in [0.05, 0.1) is 18.2 Å². The van der Waals surface area contributed by atoms with Crippen molar-refractivity contribution in [2.24, 2.45) is 5.92 Å².